The van der Waals surface area contributed by atoms with Crippen molar-refractivity contribution in [2.45, 2.75) is 129 Å². The number of rotatable bonds is 8. The molecule has 6 nitrogen and oxygen atoms in total. The first-order chi connectivity index (χ1) is 17.2. The van der Waals surface area contributed by atoms with Gasteiger partial charge in [0.2, 0.25) is 0 Å². The Labute approximate surface area is 217 Å². The predicted octanol–water partition coefficient (Wildman–Crippen LogP) is 6.01. The summed E-state index contributed by atoms with van der Waals surface area (Å²) < 4.78 is 25.8. The van der Waals surface area contributed by atoms with Gasteiger partial charge < -0.3 is 18.9 Å². The molecule has 3 aliphatic heterocycles. The largest absolute Gasteiger partial charge is 0.462 e. The summed E-state index contributed by atoms with van der Waals surface area (Å²) in [6, 6.07) is 0. The molecule has 3 unspecified atom stereocenters. The Hall–Kier alpha value is -1.40. The first-order valence-electron chi connectivity index (χ1n) is 14.5. The van der Waals surface area contributed by atoms with Gasteiger partial charge in [0.05, 0.1) is 18.8 Å². The maximum Gasteiger partial charge on any atom is 0.306 e. The molecule has 3 fully saturated rings. The van der Waals surface area contributed by atoms with Gasteiger partial charge in [-0.05, 0) is 50.9 Å². The fourth-order valence-electron chi connectivity index (χ4n) is 7.55. The van der Waals surface area contributed by atoms with E-state index in [1.807, 2.05) is 0 Å². The standard InChI is InChI=1S/C30H48O6/c1-7-8-9-10-11-12-25(32)36-28-19(3)16-22-20(4)17-33-30(6)24(34-21(5)31)14-13-18(2)15-23-27(28)26(22)29(30)35-23/h13,19-20,22-24,26-29H,7-12,14-17H2,1-6H3/b18-13+/t19-,20+,22?,23?,24-,26+,27+,28-,29?,30+/m1/s1. The zero-order valence-electron chi connectivity index (χ0n) is 23.3. The minimum Gasteiger partial charge on any atom is -0.462 e. The van der Waals surface area contributed by atoms with Gasteiger partial charge in [0.15, 0.2) is 0 Å². The second kappa shape index (κ2) is 11.6. The third-order valence-electron chi connectivity index (χ3n) is 9.48. The number of hydrogen-bond donors (Lipinski definition) is 0. The summed E-state index contributed by atoms with van der Waals surface area (Å²) in [6.07, 6.45) is 9.87. The highest BCUT2D eigenvalue weighted by Crippen LogP contribution is 2.57. The SMILES string of the molecule is CCCCCCCC(=O)O[C@H]1[C@H]2C3C/C(C)=C/C[C@@H](OC(C)=O)[C@]4(C)OC[C@H](C)C(C[C@H]1C)[C@@H]2C4O3. The van der Waals surface area contributed by atoms with E-state index in [9.17, 15) is 9.59 Å². The molecule has 0 spiro atoms. The molecule has 1 aliphatic carbocycles. The van der Waals surface area contributed by atoms with Crippen molar-refractivity contribution in [2.75, 3.05) is 6.61 Å². The molecule has 0 aromatic heterocycles. The Bertz CT molecular complexity index is 822. The molecule has 4 rings (SSSR count). The Kier molecular flexibility index (Phi) is 8.87. The van der Waals surface area contributed by atoms with E-state index in [0.717, 1.165) is 25.7 Å². The topological polar surface area (TPSA) is 71.1 Å². The van der Waals surface area contributed by atoms with Gasteiger partial charge in [-0.1, -0.05) is 58.1 Å². The highest BCUT2D eigenvalue weighted by Gasteiger charge is 2.65. The third kappa shape index (κ3) is 5.55. The van der Waals surface area contributed by atoms with Crippen LogP contribution in [0.3, 0.4) is 0 Å². The van der Waals surface area contributed by atoms with Crippen LogP contribution in [0.25, 0.3) is 0 Å². The summed E-state index contributed by atoms with van der Waals surface area (Å²) in [5.74, 6) is 1.02. The van der Waals surface area contributed by atoms with Crippen LogP contribution >= 0.6 is 0 Å². The van der Waals surface area contributed by atoms with E-state index in [0.29, 0.717) is 31.3 Å². The Morgan fingerprint density at radius 3 is 2.56 bits per heavy atom. The van der Waals surface area contributed by atoms with Crippen LogP contribution in [0.1, 0.15) is 99.3 Å². The van der Waals surface area contributed by atoms with E-state index in [1.165, 1.54) is 31.8 Å². The highest BCUT2D eigenvalue weighted by molar-refractivity contribution is 5.69. The van der Waals surface area contributed by atoms with Gasteiger partial charge >= 0.3 is 11.9 Å². The van der Waals surface area contributed by atoms with E-state index in [2.05, 4.69) is 40.7 Å². The Morgan fingerprint density at radius 2 is 1.83 bits per heavy atom. The number of hydrogen-bond acceptors (Lipinski definition) is 6. The van der Waals surface area contributed by atoms with Crippen molar-refractivity contribution in [1.29, 1.82) is 0 Å². The monoisotopic (exact) mass is 504 g/mol. The lowest BCUT2D eigenvalue weighted by Crippen LogP contribution is -2.57. The fourth-order valence-corrected chi connectivity index (χ4v) is 7.55. The zero-order chi connectivity index (χ0) is 26.0. The van der Waals surface area contributed by atoms with E-state index in [4.69, 9.17) is 18.9 Å². The van der Waals surface area contributed by atoms with Crippen molar-refractivity contribution in [3.63, 3.8) is 0 Å². The van der Waals surface area contributed by atoms with Crippen LogP contribution in [-0.4, -0.2) is 48.6 Å². The van der Waals surface area contributed by atoms with Crippen molar-refractivity contribution in [3.8, 4) is 0 Å². The molecular weight excluding hydrogens is 456 g/mol. The lowest BCUT2D eigenvalue weighted by molar-refractivity contribution is -0.200. The Morgan fingerprint density at radius 1 is 1.08 bits per heavy atom. The first kappa shape index (κ1) is 27.6. The Balaban J connectivity index is 1.63. The van der Waals surface area contributed by atoms with Crippen LogP contribution < -0.4 is 0 Å². The fraction of sp³-hybridized carbons (Fsp3) is 0.867. The number of fused-ring (bicyclic) bond motifs is 2. The van der Waals surface area contributed by atoms with Gasteiger partial charge in [0.25, 0.3) is 0 Å². The summed E-state index contributed by atoms with van der Waals surface area (Å²) in [4.78, 5) is 25.1. The quantitative estimate of drug-likeness (QED) is 0.229. The molecule has 0 radical (unpaired) electrons. The molecule has 3 heterocycles. The number of unbranched alkanes of at least 4 members (excludes halogenated alkanes) is 4. The second-order valence-electron chi connectivity index (χ2n) is 12.3. The molecule has 0 amide bonds. The van der Waals surface area contributed by atoms with E-state index in [-0.39, 0.29) is 48.0 Å². The average Bonchev–Trinajstić information content (AvgIpc) is 3.17. The van der Waals surface area contributed by atoms with Crippen LogP contribution in [0.4, 0.5) is 0 Å². The van der Waals surface area contributed by atoms with Crippen LogP contribution in [0.2, 0.25) is 0 Å². The summed E-state index contributed by atoms with van der Waals surface area (Å²) in [5.41, 5.74) is 0.478. The van der Waals surface area contributed by atoms with E-state index >= 15 is 0 Å². The smallest absolute Gasteiger partial charge is 0.306 e. The summed E-state index contributed by atoms with van der Waals surface area (Å²) in [5, 5.41) is 0. The summed E-state index contributed by atoms with van der Waals surface area (Å²) in [6.45, 7) is 13.0. The van der Waals surface area contributed by atoms with Gasteiger partial charge in [-0.2, -0.15) is 0 Å². The molecule has 6 heteroatoms. The van der Waals surface area contributed by atoms with E-state index in [1.54, 1.807) is 0 Å². The van der Waals surface area contributed by atoms with Crippen LogP contribution in [0.5, 0.6) is 0 Å². The maximum atomic E-state index is 13.0. The molecule has 2 saturated heterocycles. The van der Waals surface area contributed by atoms with Crippen LogP contribution in [0.15, 0.2) is 11.6 Å². The predicted molar refractivity (Wildman–Crippen MR) is 138 cm³/mol. The molecule has 204 valence electrons. The molecular formula is C30H48O6. The molecule has 10 atom stereocenters. The van der Waals surface area contributed by atoms with Gasteiger partial charge in [-0.15, -0.1) is 0 Å². The van der Waals surface area contributed by atoms with Crippen molar-refractivity contribution in [1.82, 2.24) is 0 Å². The first-order valence-corrected chi connectivity index (χ1v) is 14.5. The van der Waals surface area contributed by atoms with Gasteiger partial charge in [-0.25, -0.2) is 0 Å². The van der Waals surface area contributed by atoms with Crippen molar-refractivity contribution in [2.24, 2.45) is 29.6 Å². The molecule has 2 bridgehead atoms. The maximum absolute atomic E-state index is 13.0. The molecule has 36 heavy (non-hydrogen) atoms. The number of carbonyl (C=O) groups is 2. The molecule has 4 aliphatic rings. The normalized spacial score (nSPS) is 43.3. The number of esters is 2. The molecule has 0 aromatic carbocycles. The minimum atomic E-state index is -0.748. The van der Waals surface area contributed by atoms with E-state index < -0.39 is 11.7 Å². The lowest BCUT2D eigenvalue weighted by atomic mass is 9.59. The van der Waals surface area contributed by atoms with Crippen LogP contribution in [-0.2, 0) is 28.5 Å². The number of ether oxygens (including phenoxy) is 4. The number of carbonyl (C=O) groups excluding carboxylic acids is 2. The minimum absolute atomic E-state index is 0.0341. The second-order valence-corrected chi connectivity index (χ2v) is 12.3. The van der Waals surface area contributed by atoms with Crippen LogP contribution in [0, 0.1) is 29.6 Å². The van der Waals surface area contributed by atoms with Crippen molar-refractivity contribution >= 4 is 11.9 Å². The summed E-state index contributed by atoms with van der Waals surface area (Å²) in [7, 11) is 0. The van der Waals surface area contributed by atoms with Crippen molar-refractivity contribution < 1.29 is 28.5 Å². The van der Waals surface area contributed by atoms with Gasteiger partial charge in [0, 0.05) is 31.6 Å². The van der Waals surface area contributed by atoms with Crippen molar-refractivity contribution in [3.05, 3.63) is 11.6 Å². The van der Waals surface area contributed by atoms with Gasteiger partial charge in [-0.3, -0.25) is 9.59 Å². The third-order valence-corrected chi connectivity index (χ3v) is 9.48. The highest BCUT2D eigenvalue weighted by atomic mass is 16.6. The molecule has 1 saturated carbocycles. The lowest BCUT2D eigenvalue weighted by Gasteiger charge is -2.47. The average molecular weight is 505 g/mol. The summed E-state index contributed by atoms with van der Waals surface area (Å²) >= 11 is 0. The van der Waals surface area contributed by atoms with Gasteiger partial charge in [0.1, 0.15) is 17.8 Å². The molecule has 0 N–H and O–H groups in total. The zero-order valence-corrected chi connectivity index (χ0v) is 23.3. The molecule has 0 aromatic rings.